The Morgan fingerprint density at radius 1 is 1.39 bits per heavy atom. The molecule has 1 aromatic heterocycles. The monoisotopic (exact) mass is 262 g/mol. The molecule has 0 saturated heterocycles. The van der Waals surface area contributed by atoms with Gasteiger partial charge in [-0.1, -0.05) is 30.3 Å². The van der Waals surface area contributed by atoms with Gasteiger partial charge in [-0.15, -0.1) is 11.3 Å². The van der Waals surface area contributed by atoms with Crippen molar-refractivity contribution in [2.45, 2.75) is 6.42 Å². The van der Waals surface area contributed by atoms with E-state index in [1.54, 1.807) is 18.4 Å². The minimum Gasteiger partial charge on any atom is -0.275 e. The number of likely N-dealkylation sites (N-methyl/N-ethyl adjacent to an activating group) is 1. The van der Waals surface area contributed by atoms with Gasteiger partial charge >= 0.3 is 0 Å². The third kappa shape index (κ3) is 2.94. The largest absolute Gasteiger partial charge is 0.275 e. The molecule has 1 heterocycles. The first kappa shape index (κ1) is 12.7. The summed E-state index contributed by atoms with van der Waals surface area (Å²) in [5.41, 5.74) is 1.84. The third-order valence-electron chi connectivity index (χ3n) is 2.53. The molecule has 0 aliphatic heterocycles. The van der Waals surface area contributed by atoms with Crippen molar-refractivity contribution in [3.63, 3.8) is 0 Å². The summed E-state index contributed by atoms with van der Waals surface area (Å²) < 4.78 is 0. The quantitative estimate of drug-likeness (QED) is 0.794. The highest BCUT2D eigenvalue weighted by atomic mass is 32.1. The second kappa shape index (κ2) is 5.75. The first-order valence-corrected chi connectivity index (χ1v) is 6.39. The molecule has 2 aromatic rings. The maximum Gasteiger partial charge on any atom is 0.251 e. The number of carbonyl (C=O) groups excluding carboxylic acids is 1. The van der Waals surface area contributed by atoms with Crippen LogP contribution in [0.1, 0.15) is 5.69 Å². The maximum atomic E-state index is 11.7. The van der Waals surface area contributed by atoms with Crippen molar-refractivity contribution in [1.82, 2.24) is 10.0 Å². The number of thiazole rings is 1. The average Bonchev–Trinajstić information content (AvgIpc) is 2.87. The number of hydrogen-bond acceptors (Lipinski definition) is 4. The molecule has 0 spiro atoms. The first-order chi connectivity index (χ1) is 8.70. The number of hydroxylamine groups is 2. The molecule has 1 aromatic carbocycles. The van der Waals surface area contributed by atoms with Gasteiger partial charge in [-0.05, 0) is 0 Å². The molecule has 0 bridgehead atoms. The number of rotatable bonds is 4. The molecule has 18 heavy (non-hydrogen) atoms. The van der Waals surface area contributed by atoms with Crippen molar-refractivity contribution < 1.29 is 9.63 Å². The van der Waals surface area contributed by atoms with E-state index in [0.717, 1.165) is 16.3 Å². The number of hydrogen-bond donors (Lipinski definition) is 0. The van der Waals surface area contributed by atoms with E-state index in [2.05, 4.69) is 4.98 Å². The number of benzene rings is 1. The number of nitrogens with zero attached hydrogens (tertiary/aromatic N) is 2. The van der Waals surface area contributed by atoms with E-state index < -0.39 is 0 Å². The fourth-order valence-corrected chi connectivity index (χ4v) is 2.30. The Kier molecular flexibility index (Phi) is 4.07. The smallest absolute Gasteiger partial charge is 0.251 e. The zero-order valence-corrected chi connectivity index (χ0v) is 11.1. The van der Waals surface area contributed by atoms with Gasteiger partial charge in [0, 0.05) is 18.0 Å². The Morgan fingerprint density at radius 3 is 2.78 bits per heavy atom. The zero-order chi connectivity index (χ0) is 13.0. The van der Waals surface area contributed by atoms with E-state index >= 15 is 0 Å². The molecule has 94 valence electrons. The molecular formula is C13H14N2O2S. The van der Waals surface area contributed by atoms with Gasteiger partial charge in [0.2, 0.25) is 0 Å². The maximum absolute atomic E-state index is 11.7. The average molecular weight is 262 g/mol. The van der Waals surface area contributed by atoms with Crippen molar-refractivity contribution in [3.8, 4) is 10.6 Å². The van der Waals surface area contributed by atoms with Gasteiger partial charge in [0.1, 0.15) is 5.01 Å². The van der Waals surface area contributed by atoms with Crippen LogP contribution in [-0.2, 0) is 16.1 Å². The summed E-state index contributed by atoms with van der Waals surface area (Å²) in [6.45, 7) is 0. The van der Waals surface area contributed by atoms with E-state index in [0.29, 0.717) is 0 Å². The highest BCUT2D eigenvalue weighted by molar-refractivity contribution is 7.13. The van der Waals surface area contributed by atoms with Gasteiger partial charge in [-0.25, -0.2) is 10.0 Å². The predicted octanol–water partition coefficient (Wildman–Crippen LogP) is 2.37. The van der Waals surface area contributed by atoms with Gasteiger partial charge in [0.05, 0.1) is 19.2 Å². The number of aromatic nitrogens is 1. The summed E-state index contributed by atoms with van der Waals surface area (Å²) in [5, 5.41) is 4.05. The Bertz CT molecular complexity index is 525. The minimum atomic E-state index is -0.109. The van der Waals surface area contributed by atoms with Crippen LogP contribution in [0.25, 0.3) is 10.6 Å². The number of carbonyl (C=O) groups is 1. The van der Waals surface area contributed by atoms with E-state index in [1.165, 1.54) is 12.2 Å². The predicted molar refractivity (Wildman–Crippen MR) is 71.0 cm³/mol. The molecule has 0 saturated carbocycles. The van der Waals surface area contributed by atoms with Crippen LogP contribution in [0, 0.1) is 0 Å². The summed E-state index contributed by atoms with van der Waals surface area (Å²) in [4.78, 5) is 20.9. The van der Waals surface area contributed by atoms with E-state index in [1.807, 2.05) is 35.7 Å². The van der Waals surface area contributed by atoms with Crippen LogP contribution in [0.2, 0.25) is 0 Å². The van der Waals surface area contributed by atoms with Crippen LogP contribution in [0.3, 0.4) is 0 Å². The fraction of sp³-hybridized carbons (Fsp3) is 0.231. The first-order valence-electron chi connectivity index (χ1n) is 5.51. The van der Waals surface area contributed by atoms with Crippen molar-refractivity contribution >= 4 is 17.2 Å². The molecule has 0 N–H and O–H groups in total. The molecule has 4 nitrogen and oxygen atoms in total. The third-order valence-corrected chi connectivity index (χ3v) is 3.47. The van der Waals surface area contributed by atoms with Gasteiger partial charge in [-0.2, -0.15) is 0 Å². The Hall–Kier alpha value is -1.72. The van der Waals surface area contributed by atoms with Crippen LogP contribution in [-0.4, -0.2) is 30.1 Å². The zero-order valence-electron chi connectivity index (χ0n) is 10.3. The topological polar surface area (TPSA) is 42.4 Å². The molecule has 0 aliphatic carbocycles. The van der Waals surface area contributed by atoms with Crippen LogP contribution in [0.4, 0.5) is 0 Å². The summed E-state index contributed by atoms with van der Waals surface area (Å²) in [7, 11) is 3.06. The standard InChI is InChI=1S/C13H14N2O2S/c1-15(17-2)12(16)8-11-9-18-13(14-11)10-6-4-3-5-7-10/h3-7,9H,8H2,1-2H3. The second-order valence-corrected chi connectivity index (χ2v) is 4.62. The molecule has 0 fully saturated rings. The fourth-order valence-electron chi connectivity index (χ4n) is 1.47. The van der Waals surface area contributed by atoms with Crippen molar-refractivity contribution in [2.24, 2.45) is 0 Å². The summed E-state index contributed by atoms with van der Waals surface area (Å²) in [6.07, 6.45) is 0.258. The van der Waals surface area contributed by atoms with E-state index in [9.17, 15) is 4.79 Å². The SMILES string of the molecule is CON(C)C(=O)Cc1csc(-c2ccccc2)n1. The normalized spacial score (nSPS) is 10.3. The lowest BCUT2D eigenvalue weighted by Gasteiger charge is -2.12. The molecular weight excluding hydrogens is 248 g/mol. The lowest BCUT2D eigenvalue weighted by Crippen LogP contribution is -2.27. The van der Waals surface area contributed by atoms with Crippen LogP contribution in [0.15, 0.2) is 35.7 Å². The number of amides is 1. The van der Waals surface area contributed by atoms with Crippen molar-refractivity contribution in [1.29, 1.82) is 0 Å². The highest BCUT2D eigenvalue weighted by Crippen LogP contribution is 2.23. The molecule has 2 rings (SSSR count). The highest BCUT2D eigenvalue weighted by Gasteiger charge is 2.12. The minimum absolute atomic E-state index is 0.109. The van der Waals surface area contributed by atoms with Crippen molar-refractivity contribution in [3.05, 3.63) is 41.4 Å². The second-order valence-electron chi connectivity index (χ2n) is 3.76. The Labute approximate surface area is 110 Å². The molecule has 0 atom stereocenters. The lowest BCUT2D eigenvalue weighted by atomic mass is 10.2. The van der Waals surface area contributed by atoms with Gasteiger partial charge in [0.15, 0.2) is 0 Å². The Balaban J connectivity index is 2.10. The van der Waals surface area contributed by atoms with Crippen LogP contribution < -0.4 is 0 Å². The van der Waals surface area contributed by atoms with Crippen LogP contribution >= 0.6 is 11.3 Å². The van der Waals surface area contributed by atoms with Gasteiger partial charge in [0.25, 0.3) is 5.91 Å². The van der Waals surface area contributed by atoms with E-state index in [-0.39, 0.29) is 12.3 Å². The summed E-state index contributed by atoms with van der Waals surface area (Å²) >= 11 is 1.54. The van der Waals surface area contributed by atoms with Crippen LogP contribution in [0.5, 0.6) is 0 Å². The lowest BCUT2D eigenvalue weighted by molar-refractivity contribution is -0.167. The molecule has 5 heteroatoms. The summed E-state index contributed by atoms with van der Waals surface area (Å²) in [5.74, 6) is -0.109. The Morgan fingerprint density at radius 2 is 2.11 bits per heavy atom. The van der Waals surface area contributed by atoms with Gasteiger partial charge in [-0.3, -0.25) is 9.63 Å². The van der Waals surface area contributed by atoms with E-state index in [4.69, 9.17) is 4.84 Å². The van der Waals surface area contributed by atoms with Gasteiger partial charge < -0.3 is 0 Å². The molecule has 0 unspecified atom stereocenters. The molecule has 0 radical (unpaired) electrons. The summed E-state index contributed by atoms with van der Waals surface area (Å²) in [6, 6.07) is 9.92. The molecule has 1 amide bonds. The molecule has 0 aliphatic rings. The van der Waals surface area contributed by atoms with Crippen molar-refractivity contribution in [2.75, 3.05) is 14.2 Å².